The van der Waals surface area contributed by atoms with Crippen molar-refractivity contribution in [3.8, 4) is 0 Å². The van der Waals surface area contributed by atoms with Crippen molar-refractivity contribution in [1.82, 2.24) is 9.36 Å². The average molecular weight is 275 g/mol. The van der Waals surface area contributed by atoms with Gasteiger partial charge in [0.2, 0.25) is 0 Å². The summed E-state index contributed by atoms with van der Waals surface area (Å²) >= 11 is 1.50. The zero-order valence-corrected chi connectivity index (χ0v) is 11.7. The molecular weight excluding hydrogens is 258 g/mol. The third kappa shape index (κ3) is 2.35. The largest absolute Gasteiger partial charge is 0.383 e. The summed E-state index contributed by atoms with van der Waals surface area (Å²) in [5, 5.41) is 1.21. The SMILES string of the molecule is Cc1c(N)nsc1N1CCN(c2ccccn2)CC1. The second-order valence-corrected chi connectivity index (χ2v) is 5.41. The zero-order valence-electron chi connectivity index (χ0n) is 10.9. The third-order valence-electron chi connectivity index (χ3n) is 3.48. The number of anilines is 3. The van der Waals surface area contributed by atoms with Crippen LogP contribution in [0.3, 0.4) is 0 Å². The van der Waals surface area contributed by atoms with Crippen molar-refractivity contribution >= 4 is 28.2 Å². The van der Waals surface area contributed by atoms with E-state index in [4.69, 9.17) is 5.73 Å². The molecule has 3 heterocycles. The normalized spacial score (nSPS) is 15.8. The maximum atomic E-state index is 5.82. The number of hydrogen-bond donors (Lipinski definition) is 1. The molecular formula is C13H17N5S. The van der Waals surface area contributed by atoms with Crippen LogP contribution >= 0.6 is 11.5 Å². The number of rotatable bonds is 2. The number of aromatic nitrogens is 2. The van der Waals surface area contributed by atoms with E-state index in [0.717, 1.165) is 37.6 Å². The van der Waals surface area contributed by atoms with E-state index in [-0.39, 0.29) is 0 Å². The molecule has 1 aliphatic heterocycles. The van der Waals surface area contributed by atoms with Crippen molar-refractivity contribution < 1.29 is 0 Å². The molecule has 0 bridgehead atoms. The molecule has 0 aliphatic carbocycles. The Bertz CT molecular complexity index is 545. The maximum Gasteiger partial charge on any atom is 0.142 e. The predicted octanol–water partition coefficient (Wildman–Crippen LogP) is 1.76. The molecule has 0 unspecified atom stereocenters. The Morgan fingerprint density at radius 3 is 2.47 bits per heavy atom. The molecule has 0 aromatic carbocycles. The summed E-state index contributed by atoms with van der Waals surface area (Å²) in [6.45, 7) is 5.97. The summed E-state index contributed by atoms with van der Waals surface area (Å²) in [6.07, 6.45) is 1.84. The van der Waals surface area contributed by atoms with Gasteiger partial charge < -0.3 is 15.5 Å². The quantitative estimate of drug-likeness (QED) is 0.905. The van der Waals surface area contributed by atoms with Crippen molar-refractivity contribution in [3.05, 3.63) is 30.0 Å². The molecule has 2 aromatic heterocycles. The smallest absolute Gasteiger partial charge is 0.142 e. The minimum atomic E-state index is 0.659. The van der Waals surface area contributed by atoms with Gasteiger partial charge in [0.05, 0.1) is 0 Å². The van der Waals surface area contributed by atoms with E-state index >= 15 is 0 Å². The third-order valence-corrected chi connectivity index (χ3v) is 4.50. The minimum absolute atomic E-state index is 0.659. The van der Waals surface area contributed by atoms with E-state index in [1.807, 2.05) is 25.3 Å². The summed E-state index contributed by atoms with van der Waals surface area (Å²) in [6, 6.07) is 6.04. The lowest BCUT2D eigenvalue weighted by Gasteiger charge is -2.36. The molecule has 0 radical (unpaired) electrons. The number of nitrogens with zero attached hydrogens (tertiary/aromatic N) is 4. The first-order chi connectivity index (χ1) is 9.25. The zero-order chi connectivity index (χ0) is 13.2. The molecule has 19 heavy (non-hydrogen) atoms. The minimum Gasteiger partial charge on any atom is -0.383 e. The lowest BCUT2D eigenvalue weighted by molar-refractivity contribution is 0.650. The lowest BCUT2D eigenvalue weighted by atomic mass is 10.2. The Morgan fingerprint density at radius 1 is 1.16 bits per heavy atom. The number of pyridine rings is 1. The van der Waals surface area contributed by atoms with Gasteiger partial charge in [0.25, 0.3) is 0 Å². The average Bonchev–Trinajstić information content (AvgIpc) is 2.80. The predicted molar refractivity (Wildman–Crippen MR) is 79.9 cm³/mol. The van der Waals surface area contributed by atoms with Gasteiger partial charge in [-0.2, -0.15) is 4.37 Å². The van der Waals surface area contributed by atoms with Crippen LogP contribution in [-0.2, 0) is 0 Å². The second kappa shape index (κ2) is 5.05. The van der Waals surface area contributed by atoms with Gasteiger partial charge >= 0.3 is 0 Å². The summed E-state index contributed by atoms with van der Waals surface area (Å²) < 4.78 is 4.22. The molecule has 2 N–H and O–H groups in total. The molecule has 5 nitrogen and oxygen atoms in total. The van der Waals surface area contributed by atoms with E-state index in [1.165, 1.54) is 16.5 Å². The van der Waals surface area contributed by atoms with Crippen LogP contribution in [0.15, 0.2) is 24.4 Å². The fraction of sp³-hybridized carbons (Fsp3) is 0.385. The number of nitrogens with two attached hydrogens (primary N) is 1. The highest BCUT2D eigenvalue weighted by Crippen LogP contribution is 2.30. The molecule has 1 aliphatic rings. The Kier molecular flexibility index (Phi) is 3.25. The first-order valence-corrected chi connectivity index (χ1v) is 7.15. The molecule has 2 aromatic rings. The summed E-state index contributed by atoms with van der Waals surface area (Å²) in [5.74, 6) is 1.72. The molecule has 0 atom stereocenters. The first kappa shape index (κ1) is 12.2. The van der Waals surface area contributed by atoms with Gasteiger partial charge in [-0.15, -0.1) is 0 Å². The molecule has 1 fully saturated rings. The Balaban J connectivity index is 1.68. The van der Waals surface area contributed by atoms with Crippen LogP contribution in [0.4, 0.5) is 16.6 Å². The Morgan fingerprint density at radius 2 is 1.89 bits per heavy atom. The van der Waals surface area contributed by atoms with Gasteiger partial charge in [-0.1, -0.05) is 6.07 Å². The van der Waals surface area contributed by atoms with Gasteiger partial charge in [0.15, 0.2) is 0 Å². The van der Waals surface area contributed by atoms with Crippen LogP contribution in [0.25, 0.3) is 0 Å². The van der Waals surface area contributed by atoms with Gasteiger partial charge in [-0.3, -0.25) is 0 Å². The Labute approximate surface area is 116 Å². The van der Waals surface area contributed by atoms with Crippen LogP contribution in [0, 0.1) is 6.92 Å². The fourth-order valence-corrected chi connectivity index (χ4v) is 3.17. The van der Waals surface area contributed by atoms with Crippen molar-refractivity contribution in [3.63, 3.8) is 0 Å². The topological polar surface area (TPSA) is 58.3 Å². The second-order valence-electron chi connectivity index (χ2n) is 4.66. The van der Waals surface area contributed by atoms with Crippen LogP contribution in [0.1, 0.15) is 5.56 Å². The molecule has 6 heteroatoms. The Hall–Kier alpha value is -1.82. The van der Waals surface area contributed by atoms with E-state index < -0.39 is 0 Å². The highest BCUT2D eigenvalue weighted by atomic mass is 32.1. The van der Waals surface area contributed by atoms with E-state index in [1.54, 1.807) is 0 Å². The van der Waals surface area contributed by atoms with Crippen molar-refractivity contribution in [2.24, 2.45) is 0 Å². The molecule has 0 saturated carbocycles. The van der Waals surface area contributed by atoms with Crippen molar-refractivity contribution in [2.75, 3.05) is 41.7 Å². The van der Waals surface area contributed by atoms with Crippen molar-refractivity contribution in [1.29, 1.82) is 0 Å². The molecule has 3 rings (SSSR count). The van der Waals surface area contributed by atoms with Crippen LogP contribution in [0.5, 0.6) is 0 Å². The molecule has 100 valence electrons. The van der Waals surface area contributed by atoms with Gasteiger partial charge in [0, 0.05) is 37.9 Å². The van der Waals surface area contributed by atoms with Crippen LogP contribution in [-0.4, -0.2) is 35.5 Å². The van der Waals surface area contributed by atoms with Crippen LogP contribution < -0.4 is 15.5 Å². The van der Waals surface area contributed by atoms with Gasteiger partial charge in [-0.05, 0) is 30.6 Å². The number of nitrogen functional groups attached to an aromatic ring is 1. The highest BCUT2D eigenvalue weighted by Gasteiger charge is 2.21. The highest BCUT2D eigenvalue weighted by molar-refractivity contribution is 7.10. The number of piperazine rings is 1. The summed E-state index contributed by atoms with van der Waals surface area (Å²) in [5.41, 5.74) is 6.93. The molecule has 0 spiro atoms. The van der Waals surface area contributed by atoms with Gasteiger partial charge in [-0.25, -0.2) is 4.98 Å². The molecule has 0 amide bonds. The van der Waals surface area contributed by atoms with Crippen LogP contribution in [0.2, 0.25) is 0 Å². The monoisotopic (exact) mass is 275 g/mol. The summed E-state index contributed by atoms with van der Waals surface area (Å²) in [7, 11) is 0. The van der Waals surface area contributed by atoms with E-state index in [0.29, 0.717) is 5.82 Å². The van der Waals surface area contributed by atoms with Crippen molar-refractivity contribution in [2.45, 2.75) is 6.92 Å². The molecule has 1 saturated heterocycles. The lowest BCUT2D eigenvalue weighted by Crippen LogP contribution is -2.46. The standard InChI is InChI=1S/C13H17N5S/c1-10-12(14)16-19-13(10)18-8-6-17(7-9-18)11-4-2-3-5-15-11/h2-5H,6-9H2,1H3,(H2,14,16). The maximum absolute atomic E-state index is 5.82. The summed E-state index contributed by atoms with van der Waals surface area (Å²) in [4.78, 5) is 9.08. The van der Waals surface area contributed by atoms with E-state index in [2.05, 4.69) is 25.2 Å². The van der Waals surface area contributed by atoms with Gasteiger partial charge in [0.1, 0.15) is 16.6 Å². The number of hydrogen-bond acceptors (Lipinski definition) is 6. The van der Waals surface area contributed by atoms with E-state index in [9.17, 15) is 0 Å². The first-order valence-electron chi connectivity index (χ1n) is 6.38. The fourth-order valence-electron chi connectivity index (χ4n) is 2.31.